The molecule has 3 rings (SSSR count). The zero-order chi connectivity index (χ0) is 28.5. The summed E-state index contributed by atoms with van der Waals surface area (Å²) in [4.78, 5) is 12.6. The lowest BCUT2D eigenvalue weighted by atomic mass is 9.84. The molecule has 0 aromatic heterocycles. The molecule has 1 aliphatic rings. The Kier molecular flexibility index (Phi) is 10.8. The van der Waals surface area contributed by atoms with E-state index in [9.17, 15) is 15.2 Å². The number of amidine groups is 1. The van der Waals surface area contributed by atoms with Crippen LogP contribution in [0.2, 0.25) is 0 Å². The van der Waals surface area contributed by atoms with Crippen LogP contribution < -0.4 is 9.47 Å². The molecule has 0 aliphatic carbocycles. The highest BCUT2D eigenvalue weighted by atomic mass is 16.5. The Balaban J connectivity index is 1.42. The molecule has 0 amide bonds. The van der Waals surface area contributed by atoms with Gasteiger partial charge in [0.1, 0.15) is 17.0 Å². The van der Waals surface area contributed by atoms with Crippen molar-refractivity contribution in [3.63, 3.8) is 0 Å². The van der Waals surface area contributed by atoms with Crippen LogP contribution >= 0.6 is 0 Å². The number of hydroxylamine groups is 3. The third-order valence-corrected chi connectivity index (χ3v) is 8.08. The van der Waals surface area contributed by atoms with Crippen molar-refractivity contribution in [3.8, 4) is 11.5 Å². The minimum atomic E-state index is -0.891. The molecule has 39 heavy (non-hydrogen) atoms. The van der Waals surface area contributed by atoms with E-state index < -0.39 is 17.0 Å². The number of ether oxygens (including phenoxy) is 2. The minimum absolute atomic E-state index is 0.0521. The second-order valence-corrected chi connectivity index (χ2v) is 11.5. The number of nitrogens with zero attached hydrogens (tertiary/aromatic N) is 2. The van der Waals surface area contributed by atoms with Crippen molar-refractivity contribution in [2.45, 2.75) is 110 Å². The number of hydrogen-bond donors (Lipinski definition) is 0. The number of unbranched alkanes of at least 4 members (excludes halogenated alkanes) is 9. The van der Waals surface area contributed by atoms with Gasteiger partial charge in [-0.3, -0.25) is 4.74 Å². The maximum atomic E-state index is 12.8. The van der Waals surface area contributed by atoms with E-state index in [1.807, 2.05) is 0 Å². The van der Waals surface area contributed by atoms with Crippen molar-refractivity contribution in [1.82, 2.24) is 5.06 Å². The van der Waals surface area contributed by atoms with Gasteiger partial charge >= 0.3 is 11.8 Å². The monoisotopic (exact) mass is 537 g/mol. The first-order valence-electron chi connectivity index (χ1n) is 14.5. The number of hydrogen-bond acceptors (Lipinski definition) is 5. The van der Waals surface area contributed by atoms with Crippen molar-refractivity contribution < 1.29 is 24.2 Å². The Bertz CT molecular complexity index is 1090. The Morgan fingerprint density at radius 2 is 1.31 bits per heavy atom. The van der Waals surface area contributed by atoms with E-state index >= 15 is 0 Å². The number of carbonyl (C=O) groups excluding carboxylic acids is 1. The molecule has 0 saturated carbocycles. The molecular weight excluding hydrogens is 492 g/mol. The zero-order valence-corrected chi connectivity index (χ0v) is 24.3. The molecule has 0 saturated heterocycles. The summed E-state index contributed by atoms with van der Waals surface area (Å²) in [6.07, 6.45) is 12.8. The van der Waals surface area contributed by atoms with Crippen LogP contribution in [-0.4, -0.2) is 39.3 Å². The molecule has 1 radical (unpaired) electrons. The first kappa shape index (κ1) is 30.5. The average molecular weight is 538 g/mol. The molecule has 0 unspecified atom stereocenters. The molecule has 0 N–H and O–H groups in total. The van der Waals surface area contributed by atoms with Crippen molar-refractivity contribution in [3.05, 3.63) is 64.9 Å². The SMILES string of the molecule is CCCCCCCCCCCCOc1ccc(C(=O)Oc2ccc(C3=[N+]([O-])C(C)(C)C(C)(C)N3[O])cc2)cc1. The molecule has 0 atom stereocenters. The van der Waals surface area contributed by atoms with Gasteiger partial charge in [0, 0.05) is 5.21 Å². The lowest BCUT2D eigenvalue weighted by Gasteiger charge is -2.32. The fourth-order valence-corrected chi connectivity index (χ4v) is 4.65. The summed E-state index contributed by atoms with van der Waals surface area (Å²) in [5.74, 6) is 0.625. The summed E-state index contributed by atoms with van der Waals surface area (Å²) in [5.41, 5.74) is -0.894. The van der Waals surface area contributed by atoms with Gasteiger partial charge in [0.05, 0.1) is 17.7 Å². The predicted molar refractivity (Wildman–Crippen MR) is 154 cm³/mol. The summed E-state index contributed by atoms with van der Waals surface area (Å²) in [6, 6.07) is 13.4. The Hall–Kier alpha value is -3.06. The van der Waals surface area contributed by atoms with E-state index in [0.29, 0.717) is 23.5 Å². The molecule has 1 aliphatic heterocycles. The van der Waals surface area contributed by atoms with Crippen LogP contribution in [0, 0.1) is 5.21 Å². The fourth-order valence-electron chi connectivity index (χ4n) is 4.65. The van der Waals surface area contributed by atoms with Crippen molar-refractivity contribution in [1.29, 1.82) is 0 Å². The van der Waals surface area contributed by atoms with E-state index in [-0.39, 0.29) is 5.84 Å². The number of rotatable bonds is 15. The van der Waals surface area contributed by atoms with E-state index in [4.69, 9.17) is 9.47 Å². The van der Waals surface area contributed by atoms with Crippen molar-refractivity contribution in [2.24, 2.45) is 0 Å². The van der Waals surface area contributed by atoms with Gasteiger partial charge < -0.3 is 14.7 Å². The predicted octanol–water partition coefficient (Wildman–Crippen LogP) is 7.68. The summed E-state index contributed by atoms with van der Waals surface area (Å²) in [7, 11) is 0. The minimum Gasteiger partial charge on any atom is -0.714 e. The highest BCUT2D eigenvalue weighted by molar-refractivity contribution is 5.96. The normalized spacial score (nSPS) is 16.0. The first-order chi connectivity index (χ1) is 18.6. The lowest BCUT2D eigenvalue weighted by Crippen LogP contribution is -2.53. The third kappa shape index (κ3) is 7.53. The van der Waals surface area contributed by atoms with Gasteiger partial charge in [-0.1, -0.05) is 69.8 Å². The van der Waals surface area contributed by atoms with E-state index in [1.165, 1.54) is 57.8 Å². The fraction of sp³-hybridized carbons (Fsp3) is 0.562. The average Bonchev–Trinajstić information content (AvgIpc) is 3.04. The summed E-state index contributed by atoms with van der Waals surface area (Å²) >= 11 is 0. The highest BCUT2D eigenvalue weighted by Crippen LogP contribution is 2.37. The van der Waals surface area contributed by atoms with E-state index in [1.54, 1.807) is 76.2 Å². The molecular formula is C32H45N2O5. The second kappa shape index (κ2) is 13.8. The van der Waals surface area contributed by atoms with Crippen LogP contribution in [0.5, 0.6) is 11.5 Å². The Morgan fingerprint density at radius 1 is 0.795 bits per heavy atom. The first-order valence-corrected chi connectivity index (χ1v) is 14.5. The van der Waals surface area contributed by atoms with E-state index in [2.05, 4.69) is 6.92 Å². The molecule has 0 bridgehead atoms. The van der Waals surface area contributed by atoms with Gasteiger partial charge in [-0.15, -0.1) is 0 Å². The lowest BCUT2D eigenvalue weighted by molar-refractivity contribution is -0.539. The molecule has 7 heteroatoms. The van der Waals surface area contributed by atoms with Crippen LogP contribution in [0.3, 0.4) is 0 Å². The molecule has 2 aromatic rings. The van der Waals surface area contributed by atoms with Crippen LogP contribution in [0.4, 0.5) is 0 Å². The maximum absolute atomic E-state index is 12.8. The van der Waals surface area contributed by atoms with Gasteiger partial charge in [-0.25, -0.2) is 4.79 Å². The standard InChI is InChI=1S/C32H45N2O5/c1-6-7-8-9-10-11-12-13-14-15-24-38-27-20-18-26(19-21-27)30(35)39-28-22-16-25(17-23-28)29-33(36)31(2,3)32(4,5)34(29)37/h16-23H,6-15,24H2,1-5H3. The van der Waals surface area contributed by atoms with E-state index in [0.717, 1.165) is 22.0 Å². The summed E-state index contributed by atoms with van der Waals surface area (Å²) in [5, 5.41) is 26.5. The third-order valence-electron chi connectivity index (χ3n) is 8.08. The van der Waals surface area contributed by atoms with Crippen molar-refractivity contribution in [2.75, 3.05) is 6.61 Å². The second-order valence-electron chi connectivity index (χ2n) is 11.5. The van der Waals surface area contributed by atoms with Gasteiger partial charge in [-0.05, 0) is 82.6 Å². The molecule has 2 aromatic carbocycles. The Morgan fingerprint density at radius 3 is 1.82 bits per heavy atom. The van der Waals surface area contributed by atoms with Crippen LogP contribution in [0.15, 0.2) is 48.5 Å². The van der Waals surface area contributed by atoms with Crippen molar-refractivity contribution >= 4 is 11.8 Å². The molecule has 1 heterocycles. The van der Waals surface area contributed by atoms with Crippen LogP contribution in [-0.2, 0) is 5.21 Å². The van der Waals surface area contributed by atoms with Gasteiger partial charge in [0.2, 0.25) is 0 Å². The molecule has 7 nitrogen and oxygen atoms in total. The molecule has 0 spiro atoms. The highest BCUT2D eigenvalue weighted by Gasteiger charge is 2.59. The number of esters is 1. The quantitative estimate of drug-likeness (QED) is 0.0765. The van der Waals surface area contributed by atoms with Gasteiger partial charge in [-0.2, -0.15) is 0 Å². The number of carbonyl (C=O) groups is 1. The largest absolute Gasteiger partial charge is 0.714 e. The summed E-state index contributed by atoms with van der Waals surface area (Å²) < 4.78 is 12.1. The maximum Gasteiger partial charge on any atom is 0.343 e. The molecule has 0 fully saturated rings. The van der Waals surface area contributed by atoms with Crippen LogP contribution in [0.1, 0.15) is 115 Å². The number of benzene rings is 2. The smallest absolute Gasteiger partial charge is 0.343 e. The van der Waals surface area contributed by atoms with Crippen LogP contribution in [0.25, 0.3) is 0 Å². The topological polar surface area (TPSA) is 84.7 Å². The zero-order valence-electron chi connectivity index (χ0n) is 24.3. The summed E-state index contributed by atoms with van der Waals surface area (Å²) in [6.45, 7) is 9.93. The van der Waals surface area contributed by atoms with Gasteiger partial charge in [0.15, 0.2) is 5.54 Å². The Labute approximate surface area is 234 Å². The molecule has 213 valence electrons. The van der Waals surface area contributed by atoms with Gasteiger partial charge in [0.25, 0.3) is 0 Å².